The molecule has 2 heterocycles. The van der Waals surface area contributed by atoms with E-state index in [4.69, 9.17) is 31.4 Å². The molecule has 1 atom stereocenters. The molecular formula is C24H24ClN4O6-. The molecule has 0 N–H and O–H groups in total. The first kappa shape index (κ1) is 24.5. The van der Waals surface area contributed by atoms with E-state index in [-0.39, 0.29) is 29.8 Å². The monoisotopic (exact) mass is 499 g/mol. The Morgan fingerprint density at radius 1 is 0.943 bits per heavy atom. The van der Waals surface area contributed by atoms with Crippen LogP contribution in [-0.2, 0) is 14.3 Å². The quantitative estimate of drug-likeness (QED) is 0.284. The summed E-state index contributed by atoms with van der Waals surface area (Å²) in [5.41, 5.74) is 0.0522. The Labute approximate surface area is 206 Å². The topological polar surface area (TPSA) is 131 Å². The third kappa shape index (κ3) is 4.66. The van der Waals surface area contributed by atoms with Gasteiger partial charge >= 0.3 is 0 Å². The Morgan fingerprint density at radius 3 is 1.91 bits per heavy atom. The van der Waals surface area contributed by atoms with Crippen LogP contribution in [0.15, 0.2) is 59.4 Å². The van der Waals surface area contributed by atoms with Crippen molar-refractivity contribution >= 4 is 34.4 Å². The van der Waals surface area contributed by atoms with Crippen LogP contribution in [0.2, 0.25) is 0 Å². The van der Waals surface area contributed by atoms with Crippen molar-refractivity contribution in [3.05, 3.63) is 91.1 Å². The molecular weight excluding hydrogens is 476 g/mol. The molecule has 1 unspecified atom stereocenters. The van der Waals surface area contributed by atoms with E-state index < -0.39 is 25.8 Å². The van der Waals surface area contributed by atoms with E-state index in [9.17, 15) is 20.2 Å². The summed E-state index contributed by atoms with van der Waals surface area (Å²) in [5.74, 6) is 0.426. The number of non-ortho nitro benzene ring substituents is 2. The molecule has 0 bridgehead atoms. The molecule has 35 heavy (non-hydrogen) atoms. The molecule has 0 saturated carbocycles. The van der Waals surface area contributed by atoms with Crippen LogP contribution in [0.4, 0.5) is 11.4 Å². The van der Waals surface area contributed by atoms with Crippen LogP contribution in [0.5, 0.6) is 0 Å². The second-order valence-corrected chi connectivity index (χ2v) is 10.2. The number of benzene rings is 2. The Kier molecular flexibility index (Phi) is 5.96. The number of alkyl halides is 1. The van der Waals surface area contributed by atoms with Crippen molar-refractivity contribution in [2.24, 2.45) is 4.99 Å². The molecule has 4 rings (SSSR count). The first-order valence-corrected chi connectivity index (χ1v) is 11.2. The highest BCUT2D eigenvalue weighted by Gasteiger charge is 2.48. The molecule has 2 aliphatic rings. The third-order valence-corrected chi connectivity index (χ3v) is 6.20. The minimum Gasteiger partial charge on any atom is -0.646 e. The molecule has 184 valence electrons. The molecule has 0 aliphatic carbocycles. The highest BCUT2D eigenvalue weighted by Crippen LogP contribution is 2.51. The van der Waals surface area contributed by atoms with Crippen LogP contribution in [-0.4, -0.2) is 40.0 Å². The molecule has 0 spiro atoms. The largest absolute Gasteiger partial charge is 0.646 e. The van der Waals surface area contributed by atoms with Gasteiger partial charge in [-0.25, -0.2) is 4.99 Å². The van der Waals surface area contributed by atoms with E-state index in [1.54, 1.807) is 12.1 Å². The Balaban J connectivity index is 1.99. The van der Waals surface area contributed by atoms with Gasteiger partial charge in [0.1, 0.15) is 6.61 Å². The minimum atomic E-state index is -1.59. The Hall–Kier alpha value is -3.66. The van der Waals surface area contributed by atoms with Gasteiger partial charge in [-0.1, -0.05) is 31.0 Å². The van der Waals surface area contributed by atoms with E-state index >= 15 is 0 Å². The number of hydrogen-bond donors (Lipinski definition) is 0. The van der Waals surface area contributed by atoms with Gasteiger partial charge in [-0.3, -0.25) is 20.2 Å². The van der Waals surface area contributed by atoms with E-state index in [1.165, 1.54) is 36.4 Å². The van der Waals surface area contributed by atoms with Crippen LogP contribution in [0.3, 0.4) is 0 Å². The van der Waals surface area contributed by atoms with E-state index in [1.807, 2.05) is 27.7 Å². The van der Waals surface area contributed by atoms with Crippen molar-refractivity contribution in [1.82, 2.24) is 0 Å². The van der Waals surface area contributed by atoms with Crippen LogP contribution in [0, 0.1) is 20.2 Å². The lowest BCUT2D eigenvalue weighted by atomic mass is 9.85. The third-order valence-electron chi connectivity index (χ3n) is 5.63. The fourth-order valence-electron chi connectivity index (χ4n) is 3.88. The fourth-order valence-corrected chi connectivity index (χ4v) is 4.29. The molecule has 0 radical (unpaired) electrons. The lowest BCUT2D eigenvalue weighted by molar-refractivity contribution is -0.385. The summed E-state index contributed by atoms with van der Waals surface area (Å²) in [6, 6.07) is 11.6. The van der Waals surface area contributed by atoms with Gasteiger partial charge in [0.15, 0.2) is 4.87 Å². The van der Waals surface area contributed by atoms with Crippen molar-refractivity contribution in [2.45, 2.75) is 43.6 Å². The predicted molar refractivity (Wildman–Crippen MR) is 131 cm³/mol. The molecule has 0 aromatic heterocycles. The standard InChI is InChI=1S/C24H24ClN4O6/c1-22(2)13-34-20(26-22)19(15-5-9-17(10-6-15)28(30)31)24(25,21-27-23(3,4)14-35-21)16-7-11-18(12-8-16)29(32)33/h5-12H,13-14H2,1-4H3/q-1/b20-19+. The van der Waals surface area contributed by atoms with Crippen LogP contribution in [0.25, 0.3) is 10.9 Å². The summed E-state index contributed by atoms with van der Waals surface area (Å²) >= 11 is 7.45. The van der Waals surface area contributed by atoms with Gasteiger partial charge in [0.25, 0.3) is 11.4 Å². The highest BCUT2D eigenvalue weighted by molar-refractivity contribution is 6.41. The SMILES string of the molecule is CC1(C)COC(C(Cl)(/C(=C2\[N-]C(C)(C)CO2)c2ccc([N+](=O)[O-])cc2)c2ccc([N+](=O)[O-])cc2)=N1. The maximum absolute atomic E-state index is 11.3. The zero-order valence-electron chi connectivity index (χ0n) is 19.6. The second-order valence-electron chi connectivity index (χ2n) is 9.68. The smallest absolute Gasteiger partial charge is 0.269 e. The second kappa shape index (κ2) is 8.53. The number of hydrogen-bond acceptors (Lipinski definition) is 7. The van der Waals surface area contributed by atoms with Crippen LogP contribution < -0.4 is 0 Å². The molecule has 2 aliphatic heterocycles. The predicted octanol–water partition coefficient (Wildman–Crippen LogP) is 5.70. The molecule has 2 aromatic rings. The highest BCUT2D eigenvalue weighted by atomic mass is 35.5. The van der Waals surface area contributed by atoms with Gasteiger partial charge in [-0.05, 0) is 49.2 Å². The van der Waals surface area contributed by atoms with Crippen molar-refractivity contribution in [3.63, 3.8) is 0 Å². The molecule has 0 amide bonds. The zero-order chi connectivity index (χ0) is 25.6. The number of nitrogens with zero attached hydrogens (tertiary/aromatic N) is 4. The molecule has 11 heteroatoms. The first-order valence-electron chi connectivity index (χ1n) is 10.8. The van der Waals surface area contributed by atoms with Gasteiger partial charge in [-0.2, -0.15) is 0 Å². The summed E-state index contributed by atoms with van der Waals surface area (Å²) in [4.78, 5) is 24.6. The number of halogens is 1. The molecule has 1 saturated heterocycles. The summed E-state index contributed by atoms with van der Waals surface area (Å²) in [6.07, 6.45) is 0. The number of nitro benzene ring substituents is 2. The van der Waals surface area contributed by atoms with Crippen LogP contribution in [0.1, 0.15) is 38.8 Å². The maximum atomic E-state index is 11.3. The maximum Gasteiger partial charge on any atom is 0.269 e. The summed E-state index contributed by atoms with van der Waals surface area (Å²) < 4.78 is 12.0. The number of nitro groups is 2. The Bertz CT molecular complexity index is 1240. The number of ether oxygens (including phenoxy) is 2. The normalized spacial score (nSPS) is 21.1. The molecule has 1 fully saturated rings. The van der Waals surface area contributed by atoms with Crippen LogP contribution >= 0.6 is 11.6 Å². The molecule has 2 aromatic carbocycles. The number of aliphatic imine (C=N–C) groups is 1. The molecule has 10 nitrogen and oxygen atoms in total. The fraction of sp³-hybridized carbons (Fsp3) is 0.375. The van der Waals surface area contributed by atoms with E-state index in [2.05, 4.69) is 0 Å². The van der Waals surface area contributed by atoms with E-state index in [0.717, 1.165) is 0 Å². The number of rotatable bonds is 6. The first-order chi connectivity index (χ1) is 16.3. The van der Waals surface area contributed by atoms with Gasteiger partial charge in [-0.15, -0.1) is 0 Å². The lowest BCUT2D eigenvalue weighted by Crippen LogP contribution is -2.33. The zero-order valence-corrected chi connectivity index (χ0v) is 20.4. The lowest BCUT2D eigenvalue weighted by Gasteiger charge is -2.36. The average Bonchev–Trinajstić information content (AvgIpc) is 3.35. The van der Waals surface area contributed by atoms with Crippen molar-refractivity contribution in [3.8, 4) is 0 Å². The van der Waals surface area contributed by atoms with Crippen molar-refractivity contribution < 1.29 is 19.3 Å². The minimum absolute atomic E-state index is 0.0891. The summed E-state index contributed by atoms with van der Waals surface area (Å²) in [6.45, 7) is 8.17. The van der Waals surface area contributed by atoms with E-state index in [0.29, 0.717) is 23.3 Å². The van der Waals surface area contributed by atoms with Crippen molar-refractivity contribution in [2.75, 3.05) is 13.2 Å². The van der Waals surface area contributed by atoms with Crippen molar-refractivity contribution in [1.29, 1.82) is 0 Å². The average molecular weight is 500 g/mol. The Morgan fingerprint density at radius 2 is 1.49 bits per heavy atom. The van der Waals surface area contributed by atoms with Gasteiger partial charge in [0.2, 0.25) is 5.90 Å². The van der Waals surface area contributed by atoms with Gasteiger partial charge in [0, 0.05) is 35.7 Å². The summed E-state index contributed by atoms with van der Waals surface area (Å²) in [5, 5.41) is 27.2. The van der Waals surface area contributed by atoms with Gasteiger partial charge in [0.05, 0.1) is 22.0 Å². The summed E-state index contributed by atoms with van der Waals surface area (Å²) in [7, 11) is 0. The van der Waals surface area contributed by atoms with Gasteiger partial charge < -0.3 is 14.8 Å².